The third-order valence-electron chi connectivity index (χ3n) is 5.12. The van der Waals surface area contributed by atoms with Crippen LogP contribution in [0.4, 0.5) is 0 Å². The second-order valence-corrected chi connectivity index (χ2v) is 7.24. The Morgan fingerprint density at radius 1 is 1.17 bits per heavy atom. The standard InChI is InChI=1S/C20H33NO3/c1-2-3-4-5-6-11-24-18-9-10-19-16(12-18)7-8-17(19)13-20(21,14-22)15-23/h9-10,12,17,22-23H,2-8,11,13-15,21H2,1H3/t17-/m0/s1. The first-order valence-electron chi connectivity index (χ1n) is 9.38. The molecule has 0 bridgehead atoms. The van der Waals surface area contributed by atoms with Crippen molar-refractivity contribution in [3.05, 3.63) is 29.3 Å². The van der Waals surface area contributed by atoms with Crippen LogP contribution in [0.25, 0.3) is 0 Å². The predicted octanol–water partition coefficient (Wildman–Crippen LogP) is 3.14. The SMILES string of the molecule is CCCCCCCOc1ccc2c(c1)CC[C@H]2CC(N)(CO)CO. The van der Waals surface area contributed by atoms with Crippen LogP contribution in [0.3, 0.4) is 0 Å². The van der Waals surface area contributed by atoms with Crippen LogP contribution in [0.15, 0.2) is 18.2 Å². The number of aryl methyl sites for hydroxylation is 1. The van der Waals surface area contributed by atoms with E-state index in [4.69, 9.17) is 10.5 Å². The van der Waals surface area contributed by atoms with Gasteiger partial charge in [0.15, 0.2) is 0 Å². The number of aliphatic hydroxyl groups is 2. The van der Waals surface area contributed by atoms with E-state index >= 15 is 0 Å². The van der Waals surface area contributed by atoms with Gasteiger partial charge in [-0.05, 0) is 54.9 Å². The van der Waals surface area contributed by atoms with Gasteiger partial charge in [-0.2, -0.15) is 0 Å². The smallest absolute Gasteiger partial charge is 0.119 e. The second kappa shape index (κ2) is 9.40. The first-order chi connectivity index (χ1) is 11.6. The summed E-state index contributed by atoms with van der Waals surface area (Å²) in [6.07, 6.45) is 8.88. The summed E-state index contributed by atoms with van der Waals surface area (Å²) in [6, 6.07) is 6.32. The zero-order valence-corrected chi connectivity index (χ0v) is 15.0. The molecular weight excluding hydrogens is 302 g/mol. The largest absolute Gasteiger partial charge is 0.494 e. The van der Waals surface area contributed by atoms with E-state index in [9.17, 15) is 10.2 Å². The van der Waals surface area contributed by atoms with Crippen molar-refractivity contribution in [2.45, 2.75) is 69.7 Å². The van der Waals surface area contributed by atoms with Gasteiger partial charge in [-0.25, -0.2) is 0 Å². The molecule has 136 valence electrons. The minimum Gasteiger partial charge on any atom is -0.494 e. The number of aliphatic hydroxyl groups excluding tert-OH is 2. The van der Waals surface area contributed by atoms with Crippen LogP contribution in [0.5, 0.6) is 5.75 Å². The summed E-state index contributed by atoms with van der Waals surface area (Å²) in [5.74, 6) is 1.26. The van der Waals surface area contributed by atoms with Gasteiger partial charge in [0.2, 0.25) is 0 Å². The van der Waals surface area contributed by atoms with Crippen LogP contribution in [0, 0.1) is 0 Å². The van der Waals surface area contributed by atoms with E-state index in [-0.39, 0.29) is 13.2 Å². The van der Waals surface area contributed by atoms with Crippen LogP contribution >= 0.6 is 0 Å². The molecule has 0 spiro atoms. The van der Waals surface area contributed by atoms with Crippen LogP contribution in [-0.2, 0) is 6.42 Å². The molecule has 0 heterocycles. The number of fused-ring (bicyclic) bond motifs is 1. The van der Waals surface area contributed by atoms with E-state index in [1.807, 2.05) is 6.07 Å². The number of hydrogen-bond acceptors (Lipinski definition) is 4. The normalized spacial score (nSPS) is 17.1. The molecule has 0 saturated heterocycles. The van der Waals surface area contributed by atoms with Gasteiger partial charge in [-0.3, -0.25) is 0 Å². The molecule has 4 nitrogen and oxygen atoms in total. The topological polar surface area (TPSA) is 75.7 Å². The van der Waals surface area contributed by atoms with Crippen LogP contribution < -0.4 is 10.5 Å². The zero-order chi connectivity index (χ0) is 17.4. The average Bonchev–Trinajstić information content (AvgIpc) is 3.00. The summed E-state index contributed by atoms with van der Waals surface area (Å²) in [7, 11) is 0. The fourth-order valence-corrected chi connectivity index (χ4v) is 3.55. The average molecular weight is 335 g/mol. The molecule has 1 aliphatic carbocycles. The highest BCUT2D eigenvalue weighted by Gasteiger charge is 2.32. The Hall–Kier alpha value is -1.10. The molecule has 0 radical (unpaired) electrons. The third kappa shape index (κ3) is 5.20. The molecule has 0 saturated carbocycles. The summed E-state index contributed by atoms with van der Waals surface area (Å²) in [6.45, 7) is 2.64. The summed E-state index contributed by atoms with van der Waals surface area (Å²) in [4.78, 5) is 0. The summed E-state index contributed by atoms with van der Waals surface area (Å²) in [5, 5.41) is 18.8. The highest BCUT2D eigenvalue weighted by Crippen LogP contribution is 2.39. The maximum absolute atomic E-state index is 9.41. The van der Waals surface area contributed by atoms with Crippen molar-refractivity contribution in [2.24, 2.45) is 5.73 Å². The van der Waals surface area contributed by atoms with E-state index in [0.717, 1.165) is 31.6 Å². The number of nitrogens with two attached hydrogens (primary N) is 1. The number of rotatable bonds is 11. The van der Waals surface area contributed by atoms with E-state index in [0.29, 0.717) is 12.3 Å². The zero-order valence-electron chi connectivity index (χ0n) is 15.0. The van der Waals surface area contributed by atoms with Gasteiger partial charge in [0, 0.05) is 0 Å². The molecule has 1 aromatic carbocycles. The lowest BCUT2D eigenvalue weighted by molar-refractivity contribution is 0.108. The van der Waals surface area contributed by atoms with E-state index in [1.165, 1.54) is 36.8 Å². The predicted molar refractivity (Wildman–Crippen MR) is 97.5 cm³/mol. The lowest BCUT2D eigenvalue weighted by atomic mass is 9.86. The second-order valence-electron chi connectivity index (χ2n) is 7.24. The lowest BCUT2D eigenvalue weighted by Gasteiger charge is -2.28. The Morgan fingerprint density at radius 2 is 1.92 bits per heavy atom. The summed E-state index contributed by atoms with van der Waals surface area (Å²) >= 11 is 0. The Kier molecular flexibility index (Phi) is 7.53. The molecule has 0 aromatic heterocycles. The van der Waals surface area contributed by atoms with Crippen molar-refractivity contribution in [3.63, 3.8) is 0 Å². The van der Waals surface area contributed by atoms with Crippen molar-refractivity contribution >= 4 is 0 Å². The monoisotopic (exact) mass is 335 g/mol. The molecule has 1 aliphatic rings. The van der Waals surface area contributed by atoms with Crippen LogP contribution in [0.2, 0.25) is 0 Å². The minimum atomic E-state index is -0.889. The highest BCUT2D eigenvalue weighted by atomic mass is 16.5. The third-order valence-corrected chi connectivity index (χ3v) is 5.12. The van der Waals surface area contributed by atoms with Gasteiger partial charge in [0.25, 0.3) is 0 Å². The van der Waals surface area contributed by atoms with Crippen molar-refractivity contribution < 1.29 is 14.9 Å². The van der Waals surface area contributed by atoms with Gasteiger partial charge < -0.3 is 20.7 Å². The maximum atomic E-state index is 9.41. The Labute approximate surface area is 146 Å². The van der Waals surface area contributed by atoms with Crippen LogP contribution in [0.1, 0.15) is 68.9 Å². The molecule has 1 atom stereocenters. The molecule has 2 rings (SSSR count). The van der Waals surface area contributed by atoms with Gasteiger partial charge in [-0.15, -0.1) is 0 Å². The summed E-state index contributed by atoms with van der Waals surface area (Å²) < 4.78 is 5.89. The number of hydrogen-bond donors (Lipinski definition) is 3. The fraction of sp³-hybridized carbons (Fsp3) is 0.700. The van der Waals surface area contributed by atoms with E-state index in [2.05, 4.69) is 19.1 Å². The van der Waals surface area contributed by atoms with E-state index in [1.54, 1.807) is 0 Å². The number of ether oxygens (including phenoxy) is 1. The molecule has 0 aliphatic heterocycles. The molecule has 0 fully saturated rings. The molecule has 0 unspecified atom stereocenters. The van der Waals surface area contributed by atoms with Crippen molar-refractivity contribution in [1.29, 1.82) is 0 Å². The van der Waals surface area contributed by atoms with Crippen molar-refractivity contribution in [3.8, 4) is 5.75 Å². The van der Waals surface area contributed by atoms with Crippen molar-refractivity contribution in [1.82, 2.24) is 0 Å². The van der Waals surface area contributed by atoms with Crippen LogP contribution in [-0.4, -0.2) is 35.6 Å². The van der Waals surface area contributed by atoms with E-state index < -0.39 is 5.54 Å². The maximum Gasteiger partial charge on any atom is 0.119 e. The molecular formula is C20H33NO3. The number of benzene rings is 1. The Morgan fingerprint density at radius 3 is 2.62 bits per heavy atom. The van der Waals surface area contributed by atoms with Gasteiger partial charge in [0.1, 0.15) is 5.75 Å². The minimum absolute atomic E-state index is 0.186. The molecule has 1 aromatic rings. The quantitative estimate of drug-likeness (QED) is 0.543. The highest BCUT2D eigenvalue weighted by molar-refractivity contribution is 5.41. The molecule has 0 amide bonds. The number of unbranched alkanes of at least 4 members (excludes halogenated alkanes) is 4. The molecule has 4 N–H and O–H groups in total. The first kappa shape index (κ1) is 19.2. The van der Waals surface area contributed by atoms with Crippen molar-refractivity contribution in [2.75, 3.05) is 19.8 Å². The van der Waals surface area contributed by atoms with Gasteiger partial charge in [0.05, 0.1) is 25.4 Å². The first-order valence-corrected chi connectivity index (χ1v) is 9.38. The van der Waals surface area contributed by atoms with Gasteiger partial charge >= 0.3 is 0 Å². The van der Waals surface area contributed by atoms with Gasteiger partial charge in [-0.1, -0.05) is 38.7 Å². The lowest BCUT2D eigenvalue weighted by Crippen LogP contribution is -2.48. The Bertz CT molecular complexity index is 500. The molecule has 24 heavy (non-hydrogen) atoms. The fourth-order valence-electron chi connectivity index (χ4n) is 3.55. The molecule has 4 heteroatoms. The summed E-state index contributed by atoms with van der Waals surface area (Å²) in [5.41, 5.74) is 7.78. The Balaban J connectivity index is 1.86.